The van der Waals surface area contributed by atoms with Crippen LogP contribution in [0.25, 0.3) is 0 Å². The van der Waals surface area contributed by atoms with Crippen molar-refractivity contribution in [1.29, 1.82) is 0 Å². The van der Waals surface area contributed by atoms with Gasteiger partial charge in [0, 0.05) is 43.5 Å². The summed E-state index contributed by atoms with van der Waals surface area (Å²) >= 11 is 0. The zero-order valence-corrected chi connectivity index (χ0v) is 15.1. The van der Waals surface area contributed by atoms with Crippen molar-refractivity contribution in [2.75, 3.05) is 44.3 Å². The molecule has 2 aliphatic rings. The molecule has 2 saturated heterocycles. The van der Waals surface area contributed by atoms with Gasteiger partial charge in [0.1, 0.15) is 5.69 Å². The van der Waals surface area contributed by atoms with Crippen LogP contribution in [0.4, 0.5) is 5.69 Å². The van der Waals surface area contributed by atoms with Gasteiger partial charge in [0.05, 0.1) is 25.1 Å². The number of H-pyrrole nitrogens is 1. The number of likely N-dealkylation sites (tertiary alicyclic amines) is 1. The first kappa shape index (κ1) is 17.0. The molecule has 4 heterocycles. The maximum absolute atomic E-state index is 12.6. The van der Waals surface area contributed by atoms with Gasteiger partial charge < -0.3 is 14.5 Å². The number of aromatic nitrogens is 3. The quantitative estimate of drug-likeness (QED) is 0.890. The Morgan fingerprint density at radius 3 is 2.85 bits per heavy atom. The first-order valence-electron chi connectivity index (χ1n) is 9.19. The maximum Gasteiger partial charge on any atom is 0.274 e. The summed E-state index contributed by atoms with van der Waals surface area (Å²) in [7, 11) is 0. The molecule has 138 valence electrons. The van der Waals surface area contributed by atoms with Crippen LogP contribution in [0.1, 0.15) is 29.0 Å². The Morgan fingerprint density at radius 2 is 2.15 bits per heavy atom. The summed E-state index contributed by atoms with van der Waals surface area (Å²) in [6.45, 7) is 6.71. The third kappa shape index (κ3) is 3.44. The van der Waals surface area contributed by atoms with Crippen molar-refractivity contribution in [3.63, 3.8) is 0 Å². The first-order chi connectivity index (χ1) is 12.7. The molecule has 2 aromatic rings. The highest BCUT2D eigenvalue weighted by Gasteiger charge is 2.39. The van der Waals surface area contributed by atoms with E-state index >= 15 is 0 Å². The second kappa shape index (κ2) is 7.07. The highest BCUT2D eigenvalue weighted by molar-refractivity contribution is 5.92. The number of pyridine rings is 1. The average molecular weight is 355 g/mol. The molecule has 7 nitrogen and oxygen atoms in total. The lowest BCUT2D eigenvalue weighted by molar-refractivity contribution is 0.0205. The highest BCUT2D eigenvalue weighted by Crippen LogP contribution is 2.36. The standard InChI is InChI=1S/C19H25N5O2/c1-15-11-17(22-21-15)18(25)23-7-4-19(5-8-23)13-24(9-10-26-14-19)16-3-2-6-20-12-16/h2-3,6,11-12H,4-5,7-10,13-14H2,1H3,(H,21,22). The highest BCUT2D eigenvalue weighted by atomic mass is 16.5. The predicted octanol–water partition coefficient (Wildman–Crippen LogP) is 1.87. The molecule has 2 aromatic heterocycles. The Kier molecular flexibility index (Phi) is 4.63. The molecule has 0 radical (unpaired) electrons. The minimum atomic E-state index is 0.0165. The van der Waals surface area contributed by atoms with Gasteiger partial charge in [-0.2, -0.15) is 5.10 Å². The molecular formula is C19H25N5O2. The van der Waals surface area contributed by atoms with E-state index in [1.54, 1.807) is 6.20 Å². The van der Waals surface area contributed by atoms with Gasteiger partial charge in [0.2, 0.25) is 0 Å². The van der Waals surface area contributed by atoms with Crippen molar-refractivity contribution in [2.45, 2.75) is 19.8 Å². The van der Waals surface area contributed by atoms with E-state index in [2.05, 4.69) is 26.1 Å². The van der Waals surface area contributed by atoms with Crippen molar-refractivity contribution in [3.8, 4) is 0 Å². The molecule has 0 bridgehead atoms. The number of nitrogens with one attached hydrogen (secondary N) is 1. The number of carbonyl (C=O) groups excluding carboxylic acids is 1. The van der Waals surface area contributed by atoms with Gasteiger partial charge >= 0.3 is 0 Å². The third-order valence-corrected chi connectivity index (χ3v) is 5.49. The number of nitrogens with zero attached hydrogens (tertiary/aromatic N) is 4. The molecule has 1 N–H and O–H groups in total. The maximum atomic E-state index is 12.6. The van der Waals surface area contributed by atoms with Gasteiger partial charge in [-0.15, -0.1) is 0 Å². The SMILES string of the molecule is Cc1cc(C(=O)N2CCC3(CC2)COCCN(c2cccnc2)C3)n[nH]1. The Balaban J connectivity index is 1.44. The molecule has 0 aromatic carbocycles. The van der Waals surface area contributed by atoms with Gasteiger partial charge in [0.15, 0.2) is 0 Å². The lowest BCUT2D eigenvalue weighted by Gasteiger charge is -2.42. The molecule has 0 unspecified atom stereocenters. The number of anilines is 1. The number of ether oxygens (including phenoxy) is 1. The molecule has 1 spiro atoms. The lowest BCUT2D eigenvalue weighted by atomic mass is 9.78. The molecule has 0 atom stereocenters. The Morgan fingerprint density at radius 1 is 1.31 bits per heavy atom. The number of rotatable bonds is 2. The third-order valence-electron chi connectivity index (χ3n) is 5.49. The smallest absolute Gasteiger partial charge is 0.274 e. The first-order valence-corrected chi connectivity index (χ1v) is 9.19. The lowest BCUT2D eigenvalue weighted by Crippen LogP contribution is -2.49. The van der Waals surface area contributed by atoms with Crippen LogP contribution in [0.2, 0.25) is 0 Å². The van der Waals surface area contributed by atoms with Crippen LogP contribution in [-0.2, 0) is 4.74 Å². The van der Waals surface area contributed by atoms with E-state index in [1.165, 1.54) is 0 Å². The van der Waals surface area contributed by atoms with E-state index < -0.39 is 0 Å². The van der Waals surface area contributed by atoms with Gasteiger partial charge in [-0.1, -0.05) is 0 Å². The number of carbonyl (C=O) groups is 1. The van der Waals surface area contributed by atoms with Gasteiger partial charge in [-0.3, -0.25) is 14.9 Å². The van der Waals surface area contributed by atoms with E-state index in [0.29, 0.717) is 5.69 Å². The van der Waals surface area contributed by atoms with E-state index in [0.717, 1.165) is 63.6 Å². The van der Waals surface area contributed by atoms with Crippen LogP contribution in [0.3, 0.4) is 0 Å². The predicted molar refractivity (Wildman–Crippen MR) is 98.2 cm³/mol. The fourth-order valence-corrected chi connectivity index (χ4v) is 3.93. The topological polar surface area (TPSA) is 74.3 Å². The number of hydrogen-bond acceptors (Lipinski definition) is 5. The van der Waals surface area contributed by atoms with Gasteiger partial charge in [-0.05, 0) is 38.0 Å². The summed E-state index contributed by atoms with van der Waals surface area (Å²) in [6.07, 6.45) is 5.60. The zero-order chi connectivity index (χ0) is 18.0. The molecule has 0 aliphatic carbocycles. The van der Waals surface area contributed by atoms with E-state index in [4.69, 9.17) is 4.74 Å². The number of aryl methyl sites for hydroxylation is 1. The average Bonchev–Trinajstić information content (AvgIpc) is 3.01. The van der Waals surface area contributed by atoms with E-state index in [9.17, 15) is 4.79 Å². The normalized spacial score (nSPS) is 20.2. The fraction of sp³-hybridized carbons (Fsp3) is 0.526. The van der Waals surface area contributed by atoms with Crippen molar-refractivity contribution in [3.05, 3.63) is 42.0 Å². The molecule has 7 heteroatoms. The second-order valence-corrected chi connectivity index (χ2v) is 7.41. The van der Waals surface area contributed by atoms with Crippen LogP contribution in [-0.4, -0.2) is 65.4 Å². The molecule has 4 rings (SSSR count). The Hall–Kier alpha value is -2.41. The van der Waals surface area contributed by atoms with Crippen molar-refractivity contribution in [1.82, 2.24) is 20.1 Å². The number of piperidine rings is 1. The summed E-state index contributed by atoms with van der Waals surface area (Å²) in [5.41, 5.74) is 2.64. The molecular weight excluding hydrogens is 330 g/mol. The Labute approximate surface area is 153 Å². The summed E-state index contributed by atoms with van der Waals surface area (Å²) < 4.78 is 5.94. The van der Waals surface area contributed by atoms with Crippen LogP contribution in [0, 0.1) is 12.3 Å². The van der Waals surface area contributed by atoms with Gasteiger partial charge in [-0.25, -0.2) is 0 Å². The van der Waals surface area contributed by atoms with E-state index in [-0.39, 0.29) is 11.3 Å². The largest absolute Gasteiger partial charge is 0.379 e. The zero-order valence-electron chi connectivity index (χ0n) is 15.1. The minimum Gasteiger partial charge on any atom is -0.379 e. The summed E-state index contributed by atoms with van der Waals surface area (Å²) in [4.78, 5) is 21.2. The number of aromatic amines is 1. The second-order valence-electron chi connectivity index (χ2n) is 7.41. The number of amides is 1. The summed E-state index contributed by atoms with van der Waals surface area (Å²) in [5, 5.41) is 6.95. The van der Waals surface area contributed by atoms with Crippen LogP contribution in [0.15, 0.2) is 30.6 Å². The summed E-state index contributed by atoms with van der Waals surface area (Å²) in [6, 6.07) is 5.89. The molecule has 1 amide bonds. The minimum absolute atomic E-state index is 0.0165. The van der Waals surface area contributed by atoms with Crippen molar-refractivity contribution in [2.24, 2.45) is 5.41 Å². The monoisotopic (exact) mass is 355 g/mol. The molecule has 0 saturated carbocycles. The Bertz CT molecular complexity index is 752. The summed E-state index contributed by atoms with van der Waals surface area (Å²) in [5.74, 6) is 0.0165. The fourth-order valence-electron chi connectivity index (χ4n) is 3.93. The van der Waals surface area contributed by atoms with Crippen molar-refractivity contribution >= 4 is 11.6 Å². The van der Waals surface area contributed by atoms with Gasteiger partial charge in [0.25, 0.3) is 5.91 Å². The van der Waals surface area contributed by atoms with Crippen LogP contribution < -0.4 is 4.90 Å². The molecule has 2 aliphatic heterocycles. The number of hydrogen-bond donors (Lipinski definition) is 1. The molecule has 2 fully saturated rings. The van der Waals surface area contributed by atoms with Crippen molar-refractivity contribution < 1.29 is 9.53 Å². The van der Waals surface area contributed by atoms with Crippen LogP contribution >= 0.6 is 0 Å². The molecule has 26 heavy (non-hydrogen) atoms. The van der Waals surface area contributed by atoms with Crippen LogP contribution in [0.5, 0.6) is 0 Å². The van der Waals surface area contributed by atoms with E-state index in [1.807, 2.05) is 30.2 Å².